The summed E-state index contributed by atoms with van der Waals surface area (Å²) in [5.41, 5.74) is 2.37. The van der Waals surface area contributed by atoms with Gasteiger partial charge in [-0.15, -0.1) is 0 Å². The molecule has 0 bridgehead atoms. The van der Waals surface area contributed by atoms with Crippen molar-refractivity contribution in [1.29, 1.82) is 0 Å². The van der Waals surface area contributed by atoms with Crippen LogP contribution in [0.4, 0.5) is 5.69 Å². The fourth-order valence-electron chi connectivity index (χ4n) is 4.24. The zero-order valence-corrected chi connectivity index (χ0v) is 15.5. The largest absolute Gasteiger partial charge is 0.340 e. The van der Waals surface area contributed by atoms with Crippen molar-refractivity contribution >= 4 is 11.6 Å². The van der Waals surface area contributed by atoms with Crippen LogP contribution in [0.5, 0.6) is 0 Å². The van der Waals surface area contributed by atoms with E-state index in [1.54, 1.807) is 0 Å². The molecule has 6 heteroatoms. The van der Waals surface area contributed by atoms with Gasteiger partial charge >= 0.3 is 0 Å². The number of hydrogen-bond donors (Lipinski definition) is 0. The van der Waals surface area contributed by atoms with Gasteiger partial charge in [0.1, 0.15) is 0 Å². The molecule has 0 radical (unpaired) electrons. The summed E-state index contributed by atoms with van der Waals surface area (Å²) in [5.74, 6) is 2.22. The number of hydrogen-bond acceptors (Lipinski definition) is 5. The van der Waals surface area contributed by atoms with E-state index >= 15 is 0 Å². The molecule has 1 saturated heterocycles. The predicted molar refractivity (Wildman–Crippen MR) is 99.0 cm³/mol. The number of likely N-dealkylation sites (tertiary alicyclic amines) is 1. The highest BCUT2D eigenvalue weighted by molar-refractivity contribution is 5.97. The second-order valence-corrected chi connectivity index (χ2v) is 7.60. The average molecular weight is 354 g/mol. The Labute approximate surface area is 154 Å². The molecule has 1 fully saturated rings. The maximum atomic E-state index is 12.9. The molecule has 0 spiro atoms. The maximum absolute atomic E-state index is 12.9. The Bertz CT molecular complexity index is 780. The molecule has 0 aliphatic carbocycles. The van der Waals surface area contributed by atoms with Crippen molar-refractivity contribution in [3.05, 3.63) is 41.5 Å². The zero-order chi connectivity index (χ0) is 18.1. The van der Waals surface area contributed by atoms with E-state index in [1.807, 2.05) is 17.9 Å². The fourth-order valence-corrected chi connectivity index (χ4v) is 4.24. The molecule has 0 N–H and O–H groups in total. The lowest BCUT2D eigenvalue weighted by molar-refractivity contribution is -0.120. The van der Waals surface area contributed by atoms with E-state index in [-0.39, 0.29) is 11.9 Å². The van der Waals surface area contributed by atoms with Crippen LogP contribution >= 0.6 is 0 Å². The van der Waals surface area contributed by atoms with Crippen LogP contribution in [0.25, 0.3) is 0 Å². The Morgan fingerprint density at radius 3 is 2.77 bits per heavy atom. The Balaban J connectivity index is 1.31. The Kier molecular flexibility index (Phi) is 4.76. The monoisotopic (exact) mass is 354 g/mol. The normalized spacial score (nSPS) is 21.2. The first kappa shape index (κ1) is 17.2. The van der Waals surface area contributed by atoms with Crippen molar-refractivity contribution in [1.82, 2.24) is 15.0 Å². The van der Waals surface area contributed by atoms with Crippen LogP contribution in [0.1, 0.15) is 37.0 Å². The number of aromatic nitrogens is 2. The van der Waals surface area contributed by atoms with Crippen molar-refractivity contribution < 1.29 is 9.32 Å². The van der Waals surface area contributed by atoms with Crippen LogP contribution in [-0.2, 0) is 17.6 Å². The van der Waals surface area contributed by atoms with E-state index in [2.05, 4.69) is 40.2 Å². The molecule has 1 amide bonds. The number of anilines is 1. The minimum Gasteiger partial charge on any atom is -0.340 e. The molecule has 1 aromatic heterocycles. The SMILES string of the molecule is Cc1nc(CC2CCN(CC(=O)N3c4ccccc4CC3C)CC2)no1. The highest BCUT2D eigenvalue weighted by Crippen LogP contribution is 2.32. The number of nitrogens with zero attached hydrogens (tertiary/aromatic N) is 4. The summed E-state index contributed by atoms with van der Waals surface area (Å²) in [6, 6.07) is 8.51. The summed E-state index contributed by atoms with van der Waals surface area (Å²) in [5, 5.41) is 4.00. The van der Waals surface area contributed by atoms with Gasteiger partial charge < -0.3 is 9.42 Å². The molecule has 2 aliphatic rings. The minimum absolute atomic E-state index is 0.217. The van der Waals surface area contributed by atoms with E-state index in [0.29, 0.717) is 18.4 Å². The Hall–Kier alpha value is -2.21. The lowest BCUT2D eigenvalue weighted by atomic mass is 9.93. The summed E-state index contributed by atoms with van der Waals surface area (Å²) in [6.45, 7) is 6.38. The van der Waals surface area contributed by atoms with Gasteiger partial charge in [0.25, 0.3) is 0 Å². The molecular weight excluding hydrogens is 328 g/mol. The number of fused-ring (bicyclic) bond motifs is 1. The number of carbonyl (C=O) groups excluding carboxylic acids is 1. The predicted octanol–water partition coefficient (Wildman–Crippen LogP) is 2.61. The fraction of sp³-hybridized carbons (Fsp3) is 0.550. The van der Waals surface area contributed by atoms with Gasteiger partial charge in [-0.1, -0.05) is 23.4 Å². The summed E-state index contributed by atoms with van der Waals surface area (Å²) in [7, 11) is 0. The second kappa shape index (κ2) is 7.19. The summed E-state index contributed by atoms with van der Waals surface area (Å²) >= 11 is 0. The van der Waals surface area contributed by atoms with Crippen molar-refractivity contribution in [3.8, 4) is 0 Å². The number of amides is 1. The second-order valence-electron chi connectivity index (χ2n) is 7.60. The molecule has 6 nitrogen and oxygen atoms in total. The quantitative estimate of drug-likeness (QED) is 0.845. The molecule has 1 unspecified atom stereocenters. The third-order valence-electron chi connectivity index (χ3n) is 5.58. The van der Waals surface area contributed by atoms with Gasteiger partial charge in [0.2, 0.25) is 11.8 Å². The molecular formula is C20H26N4O2. The van der Waals surface area contributed by atoms with Crippen LogP contribution in [0.3, 0.4) is 0 Å². The Morgan fingerprint density at radius 1 is 1.27 bits per heavy atom. The molecule has 138 valence electrons. The summed E-state index contributed by atoms with van der Waals surface area (Å²) < 4.78 is 5.05. The van der Waals surface area contributed by atoms with E-state index in [4.69, 9.17) is 4.52 Å². The van der Waals surface area contributed by atoms with Crippen LogP contribution < -0.4 is 4.90 Å². The number of benzene rings is 1. The standard InChI is InChI=1S/C20H26N4O2/c1-14-11-17-5-3-4-6-18(17)24(14)20(25)13-23-9-7-16(8-10-23)12-19-21-15(2)26-22-19/h3-6,14,16H,7-13H2,1-2H3. The number of aryl methyl sites for hydroxylation is 1. The highest BCUT2D eigenvalue weighted by atomic mass is 16.5. The van der Waals surface area contributed by atoms with E-state index in [0.717, 1.165) is 50.3 Å². The van der Waals surface area contributed by atoms with Gasteiger partial charge in [0.05, 0.1) is 6.54 Å². The van der Waals surface area contributed by atoms with E-state index in [1.165, 1.54) is 5.56 Å². The maximum Gasteiger partial charge on any atom is 0.241 e. The van der Waals surface area contributed by atoms with Crippen molar-refractivity contribution in [2.45, 2.75) is 45.6 Å². The number of piperidine rings is 1. The molecule has 26 heavy (non-hydrogen) atoms. The van der Waals surface area contributed by atoms with Crippen molar-refractivity contribution in [2.75, 3.05) is 24.5 Å². The van der Waals surface area contributed by atoms with Crippen LogP contribution in [-0.4, -0.2) is 46.6 Å². The van der Waals surface area contributed by atoms with Crippen LogP contribution in [0.2, 0.25) is 0 Å². The topological polar surface area (TPSA) is 62.5 Å². The number of rotatable bonds is 4. The molecule has 1 aromatic carbocycles. The van der Waals surface area contributed by atoms with E-state index in [9.17, 15) is 4.79 Å². The molecule has 1 atom stereocenters. The summed E-state index contributed by atoms with van der Waals surface area (Å²) in [4.78, 5) is 21.5. The zero-order valence-electron chi connectivity index (χ0n) is 15.5. The van der Waals surface area contributed by atoms with E-state index < -0.39 is 0 Å². The van der Waals surface area contributed by atoms with Gasteiger partial charge in [-0.25, -0.2) is 0 Å². The number of para-hydroxylation sites is 1. The smallest absolute Gasteiger partial charge is 0.241 e. The molecule has 4 rings (SSSR count). The van der Waals surface area contributed by atoms with Gasteiger partial charge in [0.15, 0.2) is 5.82 Å². The minimum atomic E-state index is 0.217. The van der Waals surface area contributed by atoms with Crippen molar-refractivity contribution in [3.63, 3.8) is 0 Å². The van der Waals surface area contributed by atoms with Crippen molar-refractivity contribution in [2.24, 2.45) is 5.92 Å². The lowest BCUT2D eigenvalue weighted by Gasteiger charge is -2.33. The number of carbonyl (C=O) groups is 1. The summed E-state index contributed by atoms with van der Waals surface area (Å²) in [6.07, 6.45) is 3.98. The van der Waals surface area contributed by atoms with Crippen LogP contribution in [0, 0.1) is 12.8 Å². The van der Waals surface area contributed by atoms with Gasteiger partial charge in [-0.05, 0) is 56.8 Å². The van der Waals surface area contributed by atoms with Gasteiger partial charge in [-0.2, -0.15) is 4.98 Å². The average Bonchev–Trinajstić information content (AvgIpc) is 3.18. The van der Waals surface area contributed by atoms with Crippen LogP contribution in [0.15, 0.2) is 28.8 Å². The van der Waals surface area contributed by atoms with Gasteiger partial charge in [0, 0.05) is 25.1 Å². The van der Waals surface area contributed by atoms with Gasteiger partial charge in [-0.3, -0.25) is 9.69 Å². The first-order valence-electron chi connectivity index (χ1n) is 9.51. The molecule has 2 aromatic rings. The molecule has 0 saturated carbocycles. The lowest BCUT2D eigenvalue weighted by Crippen LogP contribution is -2.45. The highest BCUT2D eigenvalue weighted by Gasteiger charge is 2.32. The Morgan fingerprint density at radius 2 is 2.04 bits per heavy atom. The molecule has 2 aliphatic heterocycles. The first-order chi connectivity index (χ1) is 12.6. The first-order valence-corrected chi connectivity index (χ1v) is 9.51. The third-order valence-corrected chi connectivity index (χ3v) is 5.58. The third kappa shape index (κ3) is 3.51. The molecule has 3 heterocycles.